The van der Waals surface area contributed by atoms with Crippen molar-refractivity contribution >= 4 is 24.8 Å². The second-order valence-electron chi connectivity index (χ2n) is 11.2. The van der Waals surface area contributed by atoms with Crippen molar-refractivity contribution in [3.8, 4) is 0 Å². The minimum atomic E-state index is -1.09. The molecule has 4 heterocycles. The monoisotopic (exact) mass is 444 g/mol. The summed E-state index contributed by atoms with van der Waals surface area (Å²) in [5, 5.41) is 8.69. The molecule has 0 aromatic carbocycles. The van der Waals surface area contributed by atoms with Gasteiger partial charge in [-0.3, -0.25) is 0 Å². The van der Waals surface area contributed by atoms with Gasteiger partial charge < -0.3 is 24.7 Å². The second kappa shape index (κ2) is 9.22. The van der Waals surface area contributed by atoms with Crippen molar-refractivity contribution in [3.05, 3.63) is 24.0 Å². The number of hydrogen-bond acceptors (Lipinski definition) is 5. The molecule has 172 valence electrons. The smallest absolute Gasteiger partial charge is 0.144 e. The number of rotatable bonds is 8. The SMILES string of the molecule is CC1(C)CNC[C@@H]1Nc1ccnc2c1c(C1CCOCC1)cn2COCC[Si](C)(C)C. The van der Waals surface area contributed by atoms with Crippen LogP contribution in [0.2, 0.25) is 25.7 Å². The largest absolute Gasteiger partial charge is 0.381 e. The molecule has 0 bridgehead atoms. The van der Waals surface area contributed by atoms with Crippen LogP contribution in [0.1, 0.15) is 38.2 Å². The number of nitrogens with one attached hydrogen (secondary N) is 2. The fraction of sp³-hybridized carbons (Fsp3) is 0.708. The number of anilines is 1. The zero-order valence-electron chi connectivity index (χ0n) is 20.0. The zero-order chi connectivity index (χ0) is 22.1. The normalized spacial score (nSPS) is 22.3. The first-order chi connectivity index (χ1) is 14.7. The van der Waals surface area contributed by atoms with E-state index < -0.39 is 8.07 Å². The maximum absolute atomic E-state index is 6.11. The Bertz CT molecular complexity index is 884. The van der Waals surface area contributed by atoms with Crippen molar-refractivity contribution in [2.75, 3.05) is 38.2 Å². The Morgan fingerprint density at radius 1 is 1.29 bits per heavy atom. The molecular weight excluding hydrogens is 404 g/mol. The molecule has 6 nitrogen and oxygen atoms in total. The van der Waals surface area contributed by atoms with E-state index in [1.54, 1.807) is 0 Å². The highest BCUT2D eigenvalue weighted by molar-refractivity contribution is 6.76. The summed E-state index contributed by atoms with van der Waals surface area (Å²) in [6, 6.07) is 3.73. The van der Waals surface area contributed by atoms with Gasteiger partial charge in [-0.15, -0.1) is 0 Å². The molecular formula is C24H40N4O2Si. The van der Waals surface area contributed by atoms with Gasteiger partial charge in [0.1, 0.15) is 12.4 Å². The molecule has 1 atom stereocenters. The van der Waals surface area contributed by atoms with Crippen LogP contribution in [-0.4, -0.2) is 56.6 Å². The molecule has 7 heteroatoms. The van der Waals surface area contributed by atoms with Crippen molar-refractivity contribution in [2.24, 2.45) is 5.41 Å². The minimum absolute atomic E-state index is 0.219. The molecule has 2 saturated heterocycles. The lowest BCUT2D eigenvalue weighted by Gasteiger charge is -2.28. The lowest BCUT2D eigenvalue weighted by Crippen LogP contribution is -2.34. The van der Waals surface area contributed by atoms with Crippen molar-refractivity contribution in [1.82, 2.24) is 14.9 Å². The number of nitrogens with zero attached hydrogens (tertiary/aromatic N) is 2. The van der Waals surface area contributed by atoms with Gasteiger partial charge in [0.05, 0.1) is 0 Å². The van der Waals surface area contributed by atoms with Crippen LogP contribution in [-0.2, 0) is 16.2 Å². The van der Waals surface area contributed by atoms with E-state index in [1.807, 2.05) is 6.20 Å². The predicted octanol–water partition coefficient (Wildman–Crippen LogP) is 4.65. The van der Waals surface area contributed by atoms with Crippen LogP contribution in [0.5, 0.6) is 0 Å². The fourth-order valence-electron chi connectivity index (χ4n) is 4.70. The van der Waals surface area contributed by atoms with Gasteiger partial charge in [-0.1, -0.05) is 33.5 Å². The maximum atomic E-state index is 6.11. The topological polar surface area (TPSA) is 60.3 Å². The number of hydrogen-bond donors (Lipinski definition) is 2. The second-order valence-corrected chi connectivity index (χ2v) is 16.8. The highest BCUT2D eigenvalue weighted by Gasteiger charge is 2.35. The Balaban J connectivity index is 1.64. The third-order valence-corrected chi connectivity index (χ3v) is 8.58. The third kappa shape index (κ3) is 5.33. The Labute approximate surface area is 188 Å². The molecule has 0 unspecified atom stereocenters. The highest BCUT2D eigenvalue weighted by Crippen LogP contribution is 2.38. The number of aromatic nitrogens is 2. The molecule has 0 spiro atoms. The van der Waals surface area contributed by atoms with Crippen LogP contribution < -0.4 is 10.6 Å². The molecule has 2 fully saturated rings. The molecule has 2 aromatic heterocycles. The molecule has 0 aliphatic carbocycles. The number of pyridine rings is 1. The minimum Gasteiger partial charge on any atom is -0.381 e. The number of ether oxygens (including phenoxy) is 2. The average molecular weight is 445 g/mol. The molecule has 2 aliphatic rings. The zero-order valence-corrected chi connectivity index (χ0v) is 21.0. The molecule has 0 saturated carbocycles. The summed E-state index contributed by atoms with van der Waals surface area (Å²) in [6.45, 7) is 16.9. The summed E-state index contributed by atoms with van der Waals surface area (Å²) in [5.74, 6) is 0.513. The Morgan fingerprint density at radius 3 is 2.74 bits per heavy atom. The van der Waals surface area contributed by atoms with E-state index in [1.165, 1.54) is 22.7 Å². The molecule has 0 radical (unpaired) electrons. The van der Waals surface area contributed by atoms with E-state index in [0.717, 1.165) is 51.4 Å². The van der Waals surface area contributed by atoms with Gasteiger partial charge in [-0.25, -0.2) is 4.98 Å². The summed E-state index contributed by atoms with van der Waals surface area (Å²) in [5.41, 5.74) is 3.85. The summed E-state index contributed by atoms with van der Waals surface area (Å²) < 4.78 is 14.0. The van der Waals surface area contributed by atoms with Gasteiger partial charge in [0.25, 0.3) is 0 Å². The standard InChI is InChI=1S/C24H40N4O2Si/c1-24(2)16-25-14-21(24)27-20-6-9-26-23-22(20)19(18-7-10-29-11-8-18)15-28(23)17-30-12-13-31(3,4)5/h6,9,15,18,21,25H,7-8,10-14,16-17H2,1-5H3,(H,26,27)/t21-/m0/s1. The predicted molar refractivity (Wildman–Crippen MR) is 131 cm³/mol. The molecule has 2 N–H and O–H groups in total. The highest BCUT2D eigenvalue weighted by atomic mass is 28.3. The van der Waals surface area contributed by atoms with E-state index in [0.29, 0.717) is 18.7 Å². The lowest BCUT2D eigenvalue weighted by molar-refractivity contribution is 0.0840. The van der Waals surface area contributed by atoms with E-state index in [2.05, 4.69) is 61.0 Å². The van der Waals surface area contributed by atoms with Gasteiger partial charge in [-0.2, -0.15) is 0 Å². The molecule has 31 heavy (non-hydrogen) atoms. The van der Waals surface area contributed by atoms with E-state index in [9.17, 15) is 0 Å². The summed E-state index contributed by atoms with van der Waals surface area (Å²) in [4.78, 5) is 4.80. The summed E-state index contributed by atoms with van der Waals surface area (Å²) in [6.07, 6.45) is 6.37. The first-order valence-electron chi connectivity index (χ1n) is 11.9. The van der Waals surface area contributed by atoms with Crippen LogP contribution >= 0.6 is 0 Å². The quantitative estimate of drug-likeness (QED) is 0.458. The summed E-state index contributed by atoms with van der Waals surface area (Å²) >= 11 is 0. The lowest BCUT2D eigenvalue weighted by atomic mass is 9.87. The van der Waals surface area contributed by atoms with Crippen molar-refractivity contribution in [3.63, 3.8) is 0 Å². The Hall–Kier alpha value is -1.41. The molecule has 4 rings (SSSR count). The van der Waals surface area contributed by atoms with Crippen molar-refractivity contribution < 1.29 is 9.47 Å². The number of fused-ring (bicyclic) bond motifs is 1. The summed E-state index contributed by atoms with van der Waals surface area (Å²) in [7, 11) is -1.09. The van der Waals surface area contributed by atoms with Gasteiger partial charge in [0.2, 0.25) is 0 Å². The molecule has 2 aliphatic heterocycles. The van der Waals surface area contributed by atoms with Crippen LogP contribution in [0, 0.1) is 5.41 Å². The molecule has 0 amide bonds. The van der Waals surface area contributed by atoms with Gasteiger partial charge in [0.15, 0.2) is 0 Å². The van der Waals surface area contributed by atoms with Gasteiger partial charge >= 0.3 is 0 Å². The van der Waals surface area contributed by atoms with Crippen LogP contribution in [0.25, 0.3) is 11.0 Å². The average Bonchev–Trinajstić information content (AvgIpc) is 3.26. The Kier molecular flexibility index (Phi) is 6.77. The van der Waals surface area contributed by atoms with E-state index in [4.69, 9.17) is 14.5 Å². The maximum Gasteiger partial charge on any atom is 0.144 e. The van der Waals surface area contributed by atoms with Gasteiger partial charge in [0, 0.05) is 70.5 Å². The fourth-order valence-corrected chi connectivity index (χ4v) is 5.45. The van der Waals surface area contributed by atoms with E-state index >= 15 is 0 Å². The van der Waals surface area contributed by atoms with Crippen molar-refractivity contribution in [2.45, 2.75) is 71.1 Å². The first kappa shape index (κ1) is 22.8. The van der Waals surface area contributed by atoms with Gasteiger partial charge in [-0.05, 0) is 41.8 Å². The molecule has 2 aromatic rings. The Morgan fingerprint density at radius 2 is 2.06 bits per heavy atom. The van der Waals surface area contributed by atoms with E-state index in [-0.39, 0.29) is 5.41 Å². The van der Waals surface area contributed by atoms with Crippen LogP contribution in [0.4, 0.5) is 5.69 Å². The van der Waals surface area contributed by atoms with Crippen LogP contribution in [0.15, 0.2) is 18.5 Å². The first-order valence-corrected chi connectivity index (χ1v) is 15.6. The van der Waals surface area contributed by atoms with Crippen LogP contribution in [0.3, 0.4) is 0 Å². The van der Waals surface area contributed by atoms with Crippen molar-refractivity contribution in [1.29, 1.82) is 0 Å². The third-order valence-electron chi connectivity index (χ3n) is 6.88.